The average Bonchev–Trinajstić information content (AvgIpc) is 2.99. The summed E-state index contributed by atoms with van der Waals surface area (Å²) >= 11 is 0. The fraction of sp³-hybridized carbons (Fsp3) is 0.800. The van der Waals surface area contributed by atoms with Crippen molar-refractivity contribution < 1.29 is 29.6 Å². The number of rotatable bonds is 4. The van der Waals surface area contributed by atoms with E-state index >= 15 is 0 Å². The monoisotopic (exact) mass is 517 g/mol. The number of hydrogen-bond donors (Lipinski definition) is 4. The van der Waals surface area contributed by atoms with Gasteiger partial charge in [-0.2, -0.15) is 0 Å². The van der Waals surface area contributed by atoms with Crippen LogP contribution in [0.4, 0.5) is 0 Å². The number of carboxylic acid groups (broad SMARTS) is 1. The van der Waals surface area contributed by atoms with E-state index in [1.807, 2.05) is 19.9 Å². The Morgan fingerprint density at radius 3 is 2.30 bits per heavy atom. The van der Waals surface area contributed by atoms with Crippen LogP contribution in [0.15, 0.2) is 22.8 Å². The Balaban J connectivity index is 1.90. The van der Waals surface area contributed by atoms with Crippen LogP contribution in [-0.4, -0.2) is 51.6 Å². The van der Waals surface area contributed by atoms with Crippen LogP contribution in [-0.2, 0) is 14.3 Å². The molecule has 0 unspecified atom stereocenters. The Morgan fingerprint density at radius 2 is 1.73 bits per heavy atom. The number of aliphatic carboxylic acids is 1. The zero-order valence-corrected chi connectivity index (χ0v) is 23.6. The predicted molar refractivity (Wildman–Crippen MR) is 141 cm³/mol. The number of ether oxygens (including phenoxy) is 1. The van der Waals surface area contributed by atoms with Gasteiger partial charge in [-0.05, 0) is 97.9 Å². The summed E-state index contributed by atoms with van der Waals surface area (Å²) in [6.45, 7) is 14.0. The van der Waals surface area contributed by atoms with Crippen molar-refractivity contribution in [2.24, 2.45) is 45.7 Å². The number of carboxylic acids is 1. The first-order valence-electron chi connectivity index (χ1n) is 14.0. The highest BCUT2D eigenvalue weighted by molar-refractivity contribution is 5.88. The molecule has 5 N–H and O–H groups in total. The number of fused-ring (bicyclic) bond motifs is 5. The summed E-state index contributed by atoms with van der Waals surface area (Å²) in [5, 5.41) is 32.9. The fourth-order valence-corrected chi connectivity index (χ4v) is 9.68. The molecule has 4 aliphatic rings. The second kappa shape index (κ2) is 9.49. The number of nitrogens with two attached hydrogens (primary N) is 1. The standard InChI is InChI=1S/C30H47NO6/c1-15(2)8-9-18(27(35)36)23-20-14-22(34)25-28(5)12-11-21(33)16(3)19(28)10-13-29(25,6)30(20,7)26(31)24(23)37-17(4)32/h8,16,19-22,24-26,33-34H,9-14,31H2,1-7H3,(H,35,36)/b23-18-/t16-,19-,20-,21+,22+,24+,25-,26-,28-,29-,30+/m0/s1. The summed E-state index contributed by atoms with van der Waals surface area (Å²) in [6, 6.07) is -0.593. The van der Waals surface area contributed by atoms with Gasteiger partial charge in [0, 0.05) is 12.5 Å². The minimum Gasteiger partial charge on any atom is -0.478 e. The third-order valence-electron chi connectivity index (χ3n) is 11.6. The molecule has 0 saturated heterocycles. The van der Waals surface area contributed by atoms with Gasteiger partial charge in [0.15, 0.2) is 0 Å². The van der Waals surface area contributed by atoms with Crippen LogP contribution in [0.3, 0.4) is 0 Å². The molecule has 0 spiro atoms. The van der Waals surface area contributed by atoms with E-state index in [0.29, 0.717) is 24.3 Å². The second-order valence-electron chi connectivity index (χ2n) is 13.4. The Labute approximate surface area is 221 Å². The highest BCUT2D eigenvalue weighted by Crippen LogP contribution is 2.74. The first-order chi connectivity index (χ1) is 17.1. The van der Waals surface area contributed by atoms with Gasteiger partial charge < -0.3 is 25.8 Å². The lowest BCUT2D eigenvalue weighted by Crippen LogP contribution is -2.68. The number of aliphatic hydroxyl groups is 2. The van der Waals surface area contributed by atoms with Crippen molar-refractivity contribution in [1.29, 1.82) is 0 Å². The Hall–Kier alpha value is -1.70. The van der Waals surface area contributed by atoms with E-state index in [1.165, 1.54) is 6.92 Å². The molecule has 0 aromatic heterocycles. The molecule has 7 nitrogen and oxygen atoms in total. The number of carbonyl (C=O) groups is 2. The van der Waals surface area contributed by atoms with Gasteiger partial charge in [0.05, 0.1) is 18.2 Å². The summed E-state index contributed by atoms with van der Waals surface area (Å²) in [6.07, 6.45) is 3.98. The smallest absolute Gasteiger partial charge is 0.331 e. The van der Waals surface area contributed by atoms with E-state index in [-0.39, 0.29) is 41.3 Å². The van der Waals surface area contributed by atoms with E-state index < -0.39 is 41.0 Å². The normalized spacial score (nSPS) is 48.3. The molecule has 4 aliphatic carbocycles. The van der Waals surface area contributed by atoms with E-state index in [2.05, 4.69) is 27.7 Å². The predicted octanol–water partition coefficient (Wildman–Crippen LogP) is 4.21. The number of esters is 1. The first kappa shape index (κ1) is 28.3. The van der Waals surface area contributed by atoms with Gasteiger partial charge in [-0.25, -0.2) is 4.79 Å². The molecular formula is C30H47NO6. The Bertz CT molecular complexity index is 1020. The van der Waals surface area contributed by atoms with Gasteiger partial charge in [-0.3, -0.25) is 4.79 Å². The SMILES string of the molecule is CC(=O)O[C@@H]1/C(=C(/CC=C(C)C)C(=O)O)[C@@H]2C[C@@H](O)[C@H]3[C@@]4(C)CC[C@@H](O)[C@@H](C)[C@@H]4CC[C@]3(C)[C@@]2(C)[C@H]1N. The van der Waals surface area contributed by atoms with E-state index in [0.717, 1.165) is 24.8 Å². The van der Waals surface area contributed by atoms with Crippen LogP contribution in [0.5, 0.6) is 0 Å². The van der Waals surface area contributed by atoms with E-state index in [4.69, 9.17) is 10.5 Å². The highest BCUT2D eigenvalue weighted by atomic mass is 16.5. The molecule has 0 heterocycles. The van der Waals surface area contributed by atoms with Gasteiger partial charge in [-0.15, -0.1) is 0 Å². The van der Waals surface area contributed by atoms with Crippen molar-refractivity contribution in [3.8, 4) is 0 Å². The lowest BCUT2D eigenvalue weighted by Gasteiger charge is -2.69. The maximum atomic E-state index is 12.6. The molecule has 4 fully saturated rings. The fourth-order valence-electron chi connectivity index (χ4n) is 9.68. The van der Waals surface area contributed by atoms with Crippen molar-refractivity contribution in [1.82, 2.24) is 0 Å². The lowest BCUT2D eigenvalue weighted by molar-refractivity contribution is -0.237. The van der Waals surface area contributed by atoms with Gasteiger partial charge >= 0.3 is 11.9 Å². The molecular weight excluding hydrogens is 470 g/mol. The number of allylic oxidation sites excluding steroid dienone is 2. The molecule has 7 heteroatoms. The van der Waals surface area contributed by atoms with Crippen LogP contribution in [0.25, 0.3) is 0 Å². The van der Waals surface area contributed by atoms with Crippen LogP contribution < -0.4 is 5.73 Å². The molecule has 0 bridgehead atoms. The maximum absolute atomic E-state index is 12.6. The van der Waals surface area contributed by atoms with Gasteiger partial charge in [0.1, 0.15) is 6.10 Å². The van der Waals surface area contributed by atoms with Crippen molar-refractivity contribution in [3.63, 3.8) is 0 Å². The number of carbonyl (C=O) groups excluding carboxylic acids is 1. The van der Waals surface area contributed by atoms with Crippen LogP contribution in [0, 0.1) is 39.9 Å². The largest absolute Gasteiger partial charge is 0.478 e. The maximum Gasteiger partial charge on any atom is 0.331 e. The topological polar surface area (TPSA) is 130 Å². The molecule has 208 valence electrons. The van der Waals surface area contributed by atoms with Crippen molar-refractivity contribution in [2.75, 3.05) is 0 Å². The quantitative estimate of drug-likeness (QED) is 0.250. The van der Waals surface area contributed by atoms with E-state index in [9.17, 15) is 24.9 Å². The van der Waals surface area contributed by atoms with Gasteiger partial charge in [0.25, 0.3) is 0 Å². The van der Waals surface area contributed by atoms with Crippen LogP contribution in [0.1, 0.15) is 87.0 Å². The molecule has 4 saturated carbocycles. The molecule has 0 amide bonds. The van der Waals surface area contributed by atoms with Crippen molar-refractivity contribution >= 4 is 11.9 Å². The number of hydrogen-bond acceptors (Lipinski definition) is 6. The van der Waals surface area contributed by atoms with Gasteiger partial charge in [-0.1, -0.05) is 39.3 Å². The summed E-state index contributed by atoms with van der Waals surface area (Å²) in [7, 11) is 0. The van der Waals surface area contributed by atoms with E-state index in [1.54, 1.807) is 0 Å². The van der Waals surface area contributed by atoms with Crippen LogP contribution in [0.2, 0.25) is 0 Å². The highest BCUT2D eigenvalue weighted by Gasteiger charge is 2.73. The lowest BCUT2D eigenvalue weighted by atomic mass is 9.36. The minimum absolute atomic E-state index is 0.0515. The molecule has 4 rings (SSSR count). The molecule has 0 radical (unpaired) electrons. The summed E-state index contributed by atoms with van der Waals surface area (Å²) in [5.74, 6) is -1.43. The zero-order chi connectivity index (χ0) is 27.7. The third-order valence-corrected chi connectivity index (χ3v) is 11.6. The summed E-state index contributed by atoms with van der Waals surface area (Å²) in [4.78, 5) is 24.9. The molecule has 0 aromatic carbocycles. The molecule has 11 atom stereocenters. The molecule has 37 heavy (non-hydrogen) atoms. The zero-order valence-electron chi connectivity index (χ0n) is 23.6. The number of aliphatic hydroxyl groups excluding tert-OH is 2. The molecule has 0 aromatic rings. The van der Waals surface area contributed by atoms with Crippen LogP contribution >= 0.6 is 0 Å². The summed E-state index contributed by atoms with van der Waals surface area (Å²) in [5.41, 5.74) is 7.72. The van der Waals surface area contributed by atoms with Gasteiger partial charge in [0.2, 0.25) is 0 Å². The average molecular weight is 518 g/mol. The van der Waals surface area contributed by atoms with Crippen molar-refractivity contribution in [2.45, 2.75) is 111 Å². The molecule has 0 aliphatic heterocycles. The Morgan fingerprint density at radius 1 is 1.08 bits per heavy atom. The Kier molecular flexibility index (Phi) is 7.26. The minimum atomic E-state index is -1.03. The first-order valence-corrected chi connectivity index (χ1v) is 14.0. The second-order valence-corrected chi connectivity index (χ2v) is 13.4. The third kappa shape index (κ3) is 4.02. The van der Waals surface area contributed by atoms with Crippen molar-refractivity contribution in [3.05, 3.63) is 22.8 Å². The summed E-state index contributed by atoms with van der Waals surface area (Å²) < 4.78 is 5.83.